The summed E-state index contributed by atoms with van der Waals surface area (Å²) >= 11 is 0. The second kappa shape index (κ2) is 11.4. The Bertz CT molecular complexity index is 1750. The lowest BCUT2D eigenvalue weighted by molar-refractivity contribution is -0.122. The maximum atomic E-state index is 13.2. The average molecular weight is 588 g/mol. The third kappa shape index (κ3) is 5.36. The van der Waals surface area contributed by atoms with Crippen molar-refractivity contribution in [2.75, 3.05) is 6.54 Å². The van der Waals surface area contributed by atoms with Crippen molar-refractivity contribution in [1.82, 2.24) is 14.8 Å². The number of carbonyl (C=O) groups excluding carboxylic acids is 1. The fourth-order valence-corrected chi connectivity index (χ4v) is 7.52. The molecule has 1 aromatic heterocycles. The van der Waals surface area contributed by atoms with E-state index in [1.165, 1.54) is 46.5 Å². The Balaban J connectivity index is 1.17. The van der Waals surface area contributed by atoms with E-state index < -0.39 is 5.97 Å². The van der Waals surface area contributed by atoms with Crippen LogP contribution in [0.25, 0.3) is 11.1 Å². The summed E-state index contributed by atoms with van der Waals surface area (Å²) in [5, 5.41) is 13.1. The number of rotatable bonds is 9. The number of hydrogen-bond acceptors (Lipinski definition) is 3. The molecule has 0 spiro atoms. The van der Waals surface area contributed by atoms with Crippen LogP contribution in [0.15, 0.2) is 66.7 Å². The first-order chi connectivity index (χ1) is 21.3. The molecule has 2 aliphatic carbocycles. The van der Waals surface area contributed by atoms with E-state index in [4.69, 9.17) is 0 Å². The summed E-state index contributed by atoms with van der Waals surface area (Å²) in [5.74, 6) is -0.433. The summed E-state index contributed by atoms with van der Waals surface area (Å²) in [7, 11) is 0. The zero-order valence-corrected chi connectivity index (χ0v) is 25.9. The van der Waals surface area contributed by atoms with Crippen LogP contribution in [0.2, 0.25) is 0 Å². The number of hydrogen-bond donors (Lipinski definition) is 2. The third-order valence-electron chi connectivity index (χ3n) is 10.1. The minimum atomic E-state index is -0.901. The van der Waals surface area contributed by atoms with Gasteiger partial charge in [0, 0.05) is 49.5 Å². The molecule has 2 atom stereocenters. The fourth-order valence-electron chi connectivity index (χ4n) is 7.52. The molecule has 3 aromatic carbocycles. The Labute approximate surface area is 259 Å². The van der Waals surface area contributed by atoms with Crippen LogP contribution in [-0.4, -0.2) is 33.0 Å². The molecule has 2 N–H and O–H groups in total. The first-order valence-corrected chi connectivity index (χ1v) is 16.0. The van der Waals surface area contributed by atoms with Gasteiger partial charge >= 0.3 is 5.97 Å². The van der Waals surface area contributed by atoms with Crippen LogP contribution in [0.4, 0.5) is 0 Å². The molecule has 6 heteroatoms. The molecule has 0 bridgehead atoms. The minimum Gasteiger partial charge on any atom is -0.478 e. The zero-order valence-electron chi connectivity index (χ0n) is 25.9. The standard InChI is InChI=1S/C38H41N3O3/c1-23-18-28(25(3)41(23)29-13-14-29)21-40-17-16-33-32(30-10-7-11-31(24(30)2)38(43)44)15-12-27(36(33)22-40)20-39-37(42)35-19-34(35)26-8-5-4-6-9-26/h4-12,15,18,29,34-35H,13-14,16-17,19-22H2,1-3H3,(H,39,42)(H,43,44). The van der Waals surface area contributed by atoms with Crippen molar-refractivity contribution in [2.24, 2.45) is 5.92 Å². The number of nitrogens with one attached hydrogen (secondary N) is 1. The predicted octanol–water partition coefficient (Wildman–Crippen LogP) is 7.09. The van der Waals surface area contributed by atoms with Crippen molar-refractivity contribution in [1.29, 1.82) is 0 Å². The van der Waals surface area contributed by atoms with Gasteiger partial charge in [-0.25, -0.2) is 4.79 Å². The molecule has 2 fully saturated rings. The maximum absolute atomic E-state index is 13.2. The molecule has 1 amide bonds. The van der Waals surface area contributed by atoms with Gasteiger partial charge in [-0.05, 0) is 109 Å². The van der Waals surface area contributed by atoms with E-state index in [-0.39, 0.29) is 11.8 Å². The molecule has 0 saturated heterocycles. The normalized spacial score (nSPS) is 19.4. The monoisotopic (exact) mass is 587 g/mol. The fraction of sp³-hybridized carbons (Fsp3) is 0.368. The second-order valence-corrected chi connectivity index (χ2v) is 13.0. The van der Waals surface area contributed by atoms with Gasteiger partial charge in [0.1, 0.15) is 0 Å². The number of aromatic nitrogens is 1. The Morgan fingerprint density at radius 2 is 1.70 bits per heavy atom. The highest BCUT2D eigenvalue weighted by atomic mass is 16.4. The Hall–Kier alpha value is -4.16. The molecule has 6 nitrogen and oxygen atoms in total. The van der Waals surface area contributed by atoms with Crippen molar-refractivity contribution in [3.63, 3.8) is 0 Å². The van der Waals surface area contributed by atoms with Gasteiger partial charge < -0.3 is 15.0 Å². The van der Waals surface area contributed by atoms with Crippen LogP contribution in [0.3, 0.4) is 0 Å². The predicted molar refractivity (Wildman–Crippen MR) is 173 cm³/mol. The van der Waals surface area contributed by atoms with Crippen LogP contribution in [0.1, 0.15) is 86.3 Å². The van der Waals surface area contributed by atoms with Crippen molar-refractivity contribution >= 4 is 11.9 Å². The van der Waals surface area contributed by atoms with Gasteiger partial charge in [0.05, 0.1) is 5.56 Å². The smallest absolute Gasteiger partial charge is 0.335 e. The van der Waals surface area contributed by atoms with Gasteiger partial charge in [-0.3, -0.25) is 9.69 Å². The highest BCUT2D eigenvalue weighted by molar-refractivity contribution is 5.92. The number of nitrogens with zero attached hydrogens (tertiary/aromatic N) is 2. The zero-order chi connectivity index (χ0) is 30.5. The van der Waals surface area contributed by atoms with Crippen LogP contribution in [0.5, 0.6) is 0 Å². The average Bonchev–Trinajstić information content (AvgIpc) is 3.95. The molecule has 44 heavy (non-hydrogen) atoms. The summed E-state index contributed by atoms with van der Waals surface area (Å²) in [6.45, 7) is 9.52. The molecule has 4 aromatic rings. The molecule has 2 saturated carbocycles. The van der Waals surface area contributed by atoms with Crippen LogP contribution >= 0.6 is 0 Å². The first-order valence-electron chi connectivity index (χ1n) is 16.0. The summed E-state index contributed by atoms with van der Waals surface area (Å²) in [4.78, 5) is 27.7. The maximum Gasteiger partial charge on any atom is 0.335 e. The van der Waals surface area contributed by atoms with Crippen LogP contribution in [-0.2, 0) is 30.8 Å². The summed E-state index contributed by atoms with van der Waals surface area (Å²) in [6, 6.07) is 23.2. The first kappa shape index (κ1) is 28.6. The molecule has 226 valence electrons. The van der Waals surface area contributed by atoms with Gasteiger partial charge in [-0.1, -0.05) is 54.6 Å². The Morgan fingerprint density at radius 3 is 2.45 bits per heavy atom. The summed E-state index contributed by atoms with van der Waals surface area (Å²) in [5.41, 5.74) is 12.3. The molecule has 7 rings (SSSR count). The van der Waals surface area contributed by atoms with E-state index in [1.807, 2.05) is 37.3 Å². The third-order valence-corrected chi connectivity index (χ3v) is 10.1. The van der Waals surface area contributed by atoms with Crippen LogP contribution in [0, 0.1) is 26.7 Å². The van der Waals surface area contributed by atoms with E-state index in [1.54, 1.807) is 6.07 Å². The topological polar surface area (TPSA) is 74.6 Å². The van der Waals surface area contributed by atoms with Crippen molar-refractivity contribution in [3.05, 3.63) is 117 Å². The molecule has 1 aliphatic heterocycles. The number of aryl methyl sites for hydroxylation is 1. The van der Waals surface area contributed by atoms with E-state index in [2.05, 4.69) is 59.0 Å². The van der Waals surface area contributed by atoms with Gasteiger partial charge in [0.25, 0.3) is 0 Å². The van der Waals surface area contributed by atoms with Gasteiger partial charge in [0.15, 0.2) is 0 Å². The largest absolute Gasteiger partial charge is 0.478 e. The number of carboxylic acid groups (broad SMARTS) is 1. The number of carbonyl (C=O) groups is 2. The van der Waals surface area contributed by atoms with Crippen molar-refractivity contribution < 1.29 is 14.7 Å². The number of benzene rings is 3. The summed E-state index contributed by atoms with van der Waals surface area (Å²) < 4.78 is 2.52. The van der Waals surface area contributed by atoms with Crippen LogP contribution < -0.4 is 5.32 Å². The highest BCUT2D eigenvalue weighted by Gasteiger charge is 2.43. The van der Waals surface area contributed by atoms with Gasteiger partial charge in [-0.15, -0.1) is 0 Å². The number of amides is 1. The van der Waals surface area contributed by atoms with Crippen molar-refractivity contribution in [3.8, 4) is 11.1 Å². The molecule has 2 unspecified atom stereocenters. The van der Waals surface area contributed by atoms with E-state index in [0.717, 1.165) is 54.7 Å². The Morgan fingerprint density at radius 1 is 0.909 bits per heavy atom. The molecule has 0 radical (unpaired) electrons. The van der Waals surface area contributed by atoms with Gasteiger partial charge in [-0.2, -0.15) is 0 Å². The number of carboxylic acids is 1. The van der Waals surface area contributed by atoms with E-state index in [9.17, 15) is 14.7 Å². The highest BCUT2D eigenvalue weighted by Crippen LogP contribution is 2.47. The summed E-state index contributed by atoms with van der Waals surface area (Å²) in [6.07, 6.45) is 4.34. The van der Waals surface area contributed by atoms with E-state index >= 15 is 0 Å². The SMILES string of the molecule is Cc1c(C(=O)O)cccc1-c1ccc(CNC(=O)C2CC2c2ccccc2)c2c1CCN(Cc1cc(C)n(C3CC3)c1C)C2. The number of fused-ring (bicyclic) bond motifs is 1. The lowest BCUT2D eigenvalue weighted by atomic mass is 9.85. The Kier molecular flexibility index (Phi) is 7.41. The second-order valence-electron chi connectivity index (χ2n) is 13.0. The van der Waals surface area contributed by atoms with Crippen molar-refractivity contribution in [2.45, 2.75) is 78.0 Å². The lowest BCUT2D eigenvalue weighted by Gasteiger charge is -2.32. The molecule has 3 aliphatic rings. The van der Waals surface area contributed by atoms with E-state index in [0.29, 0.717) is 24.1 Å². The molecular weight excluding hydrogens is 546 g/mol. The lowest BCUT2D eigenvalue weighted by Crippen LogP contribution is -2.33. The number of aromatic carboxylic acids is 1. The minimum absolute atomic E-state index is 0.0344. The van der Waals surface area contributed by atoms with Gasteiger partial charge in [0.2, 0.25) is 5.91 Å². The molecule has 2 heterocycles. The quantitative estimate of drug-likeness (QED) is 0.219. The molecular formula is C38H41N3O3.